The highest BCUT2D eigenvalue weighted by atomic mass is 35.5. The van der Waals surface area contributed by atoms with Crippen molar-refractivity contribution < 1.29 is 38.3 Å². The molecule has 0 spiro atoms. The molecule has 0 radical (unpaired) electrons. The van der Waals surface area contributed by atoms with Crippen LogP contribution in [0.1, 0.15) is 61.6 Å². The van der Waals surface area contributed by atoms with Crippen LogP contribution in [-0.2, 0) is 46.5 Å². The Labute approximate surface area is 330 Å². The fraction of sp³-hybridized carbons (Fsp3) is 0.462. The Balaban J connectivity index is 1.58. The first-order valence-electron chi connectivity index (χ1n) is 18.6. The fourth-order valence-corrected chi connectivity index (χ4v) is 6.67. The molecule has 4 atom stereocenters. The van der Waals surface area contributed by atoms with Gasteiger partial charge in [0.25, 0.3) is 0 Å². The molecule has 3 aromatic rings. The molecular weight excluding hydrogens is 744 g/mol. The van der Waals surface area contributed by atoms with Crippen LogP contribution in [0.25, 0.3) is 10.9 Å². The van der Waals surface area contributed by atoms with Gasteiger partial charge in [-0.3, -0.25) is 28.8 Å². The van der Waals surface area contributed by atoms with Crippen LogP contribution in [0.3, 0.4) is 0 Å². The number of benzene rings is 2. The van der Waals surface area contributed by atoms with Crippen molar-refractivity contribution in [2.75, 3.05) is 26.1 Å². The minimum Gasteiger partial charge on any atom is -0.469 e. The predicted octanol–water partition coefficient (Wildman–Crippen LogP) is 1.81. The van der Waals surface area contributed by atoms with Crippen molar-refractivity contribution in [2.24, 2.45) is 5.73 Å². The van der Waals surface area contributed by atoms with Gasteiger partial charge < -0.3 is 46.9 Å². The van der Waals surface area contributed by atoms with Crippen molar-refractivity contribution in [2.45, 2.75) is 89.0 Å². The second-order valence-electron chi connectivity index (χ2n) is 13.7. The first-order valence-corrected chi connectivity index (χ1v) is 19.2. The van der Waals surface area contributed by atoms with Crippen LogP contribution >= 0.6 is 11.6 Å². The summed E-state index contributed by atoms with van der Waals surface area (Å²) in [5.74, 6) is -3.88. The number of aromatic amines is 1. The smallest absolute Gasteiger partial charge is 0.312 e. The van der Waals surface area contributed by atoms with E-state index in [0.29, 0.717) is 19.3 Å². The molecule has 2 heterocycles. The highest BCUT2D eigenvalue weighted by molar-refractivity contribution is 6.27. The number of urea groups is 1. The minimum atomic E-state index is -1.19. The van der Waals surface area contributed by atoms with Crippen molar-refractivity contribution in [3.63, 3.8) is 0 Å². The number of methoxy groups -OCH3 is 1. The third-order valence-electron chi connectivity index (χ3n) is 9.63. The van der Waals surface area contributed by atoms with Crippen molar-refractivity contribution in [1.29, 1.82) is 0 Å². The number of carbonyl (C=O) groups excluding carboxylic acids is 7. The Morgan fingerprint density at radius 2 is 1.66 bits per heavy atom. The topological polar surface area (TPSA) is 234 Å². The molecule has 17 heteroatoms. The lowest BCUT2D eigenvalue weighted by Gasteiger charge is -2.37. The number of nitrogens with two attached hydrogens (primary N) is 1. The van der Waals surface area contributed by atoms with Gasteiger partial charge >= 0.3 is 12.0 Å². The number of H-pyrrole nitrogens is 1. The van der Waals surface area contributed by atoms with Gasteiger partial charge in [-0.15, -0.1) is 11.6 Å². The maximum Gasteiger partial charge on any atom is 0.312 e. The Morgan fingerprint density at radius 3 is 2.38 bits per heavy atom. The number of aryl methyl sites for hydroxylation is 1. The van der Waals surface area contributed by atoms with Crippen LogP contribution in [0.5, 0.6) is 0 Å². The first kappa shape index (κ1) is 43.1. The third kappa shape index (κ3) is 12.7. The lowest BCUT2D eigenvalue weighted by Crippen LogP contribution is -2.60. The largest absolute Gasteiger partial charge is 0.469 e. The number of halogens is 1. The summed E-state index contributed by atoms with van der Waals surface area (Å²) in [4.78, 5) is 96.0. The van der Waals surface area contributed by atoms with Gasteiger partial charge in [0.15, 0.2) is 0 Å². The summed E-state index contributed by atoms with van der Waals surface area (Å²) < 4.78 is 4.72. The number of likely N-dealkylation sites (tertiary alicyclic amines) is 1. The average molecular weight is 795 g/mol. The van der Waals surface area contributed by atoms with Crippen LogP contribution in [-0.4, -0.2) is 102 Å². The monoisotopic (exact) mass is 794 g/mol. The molecule has 1 saturated heterocycles. The van der Waals surface area contributed by atoms with Gasteiger partial charge in [-0.2, -0.15) is 0 Å². The van der Waals surface area contributed by atoms with Gasteiger partial charge in [-0.05, 0) is 62.6 Å². The van der Waals surface area contributed by atoms with E-state index >= 15 is 0 Å². The SMILES string of the molecule is COC(=O)CC[C@H](NC(=O)CCl)C(=O)N1CCCC[C@H]1C(=O)NC(Cc1c[nH]c2ccccc12)C(=O)N[C@@H](CCCNC(N)=O)C(=O)NCc1ccc(C)cc1. The number of rotatable bonds is 19. The fourth-order valence-electron chi connectivity index (χ4n) is 6.60. The number of ether oxygens (including phenoxy) is 1. The van der Waals surface area contributed by atoms with Crippen LogP contribution in [0.4, 0.5) is 4.79 Å². The summed E-state index contributed by atoms with van der Waals surface area (Å²) in [5.41, 5.74) is 8.70. The zero-order valence-electron chi connectivity index (χ0n) is 31.7. The maximum absolute atomic E-state index is 14.3. The number of nitrogens with one attached hydrogen (secondary N) is 6. The number of fused-ring (bicyclic) bond motifs is 1. The number of piperidine rings is 1. The van der Waals surface area contributed by atoms with Gasteiger partial charge in [0.2, 0.25) is 29.5 Å². The summed E-state index contributed by atoms with van der Waals surface area (Å²) in [6.45, 7) is 2.53. The third-order valence-corrected chi connectivity index (χ3v) is 9.87. The van der Waals surface area contributed by atoms with E-state index in [0.717, 1.165) is 27.6 Å². The number of hydrogen-bond acceptors (Lipinski definition) is 8. The number of amides is 7. The molecule has 8 N–H and O–H groups in total. The zero-order valence-corrected chi connectivity index (χ0v) is 32.4. The van der Waals surface area contributed by atoms with E-state index < -0.39 is 71.6 Å². The lowest BCUT2D eigenvalue weighted by molar-refractivity contribution is -0.146. The summed E-state index contributed by atoms with van der Waals surface area (Å²) in [6, 6.07) is 10.0. The molecule has 0 saturated carbocycles. The van der Waals surface area contributed by atoms with E-state index in [1.807, 2.05) is 55.5 Å². The summed E-state index contributed by atoms with van der Waals surface area (Å²) in [7, 11) is 1.21. The summed E-state index contributed by atoms with van der Waals surface area (Å²) in [5, 5.41) is 14.4. The van der Waals surface area contributed by atoms with E-state index in [4.69, 9.17) is 22.1 Å². The number of hydrogen-bond donors (Lipinski definition) is 7. The molecule has 1 fully saturated rings. The first-order chi connectivity index (χ1) is 26.9. The normalized spacial score (nSPS) is 15.5. The van der Waals surface area contributed by atoms with Gasteiger partial charge in [0.1, 0.15) is 30.0 Å². The molecule has 2 aromatic carbocycles. The van der Waals surface area contributed by atoms with Crippen LogP contribution in [0.2, 0.25) is 0 Å². The molecule has 56 heavy (non-hydrogen) atoms. The Morgan fingerprint density at radius 1 is 0.911 bits per heavy atom. The van der Waals surface area contributed by atoms with E-state index in [-0.39, 0.29) is 51.7 Å². The molecule has 0 bridgehead atoms. The molecular formula is C39H51ClN8O8. The second-order valence-corrected chi connectivity index (χ2v) is 14.0. The van der Waals surface area contributed by atoms with Gasteiger partial charge in [0.05, 0.1) is 7.11 Å². The van der Waals surface area contributed by atoms with Crippen molar-refractivity contribution in [3.8, 4) is 0 Å². The van der Waals surface area contributed by atoms with Crippen LogP contribution in [0, 0.1) is 6.92 Å². The minimum absolute atomic E-state index is 0.0384. The van der Waals surface area contributed by atoms with Crippen LogP contribution < -0.4 is 32.3 Å². The van der Waals surface area contributed by atoms with Gasteiger partial charge in [-0.1, -0.05) is 48.0 Å². The summed E-state index contributed by atoms with van der Waals surface area (Å²) in [6.07, 6.45) is 3.49. The number of para-hydroxylation sites is 1. The Bertz CT molecular complexity index is 1850. The van der Waals surface area contributed by atoms with E-state index in [2.05, 4.69) is 31.6 Å². The number of alkyl halides is 1. The molecule has 1 unspecified atom stereocenters. The number of nitrogens with zero attached hydrogens (tertiary/aromatic N) is 1. The molecule has 1 aromatic heterocycles. The van der Waals surface area contributed by atoms with E-state index in [1.54, 1.807) is 6.20 Å². The summed E-state index contributed by atoms with van der Waals surface area (Å²) >= 11 is 5.71. The van der Waals surface area contributed by atoms with Crippen molar-refractivity contribution in [3.05, 3.63) is 71.4 Å². The molecule has 16 nitrogen and oxygen atoms in total. The quantitative estimate of drug-likeness (QED) is 0.0536. The van der Waals surface area contributed by atoms with E-state index in [9.17, 15) is 33.6 Å². The number of primary amides is 1. The van der Waals surface area contributed by atoms with Crippen LogP contribution in [0.15, 0.2) is 54.7 Å². The molecule has 7 amide bonds. The highest BCUT2D eigenvalue weighted by Gasteiger charge is 2.38. The Hall–Kier alpha value is -5.64. The van der Waals surface area contributed by atoms with Gasteiger partial charge in [-0.25, -0.2) is 4.79 Å². The standard InChI is InChI=1S/C39H51ClN8O8/c1-24-12-14-25(15-13-24)22-44-35(51)29(10-7-18-42-39(41)55)46-36(52)31(20-26-23-43-28-9-4-3-8-27(26)28)47-37(53)32-11-5-6-19-48(32)38(54)30(45-33(49)21-40)16-17-34(50)56-2/h3-4,8-9,12-15,23,29-32,43H,5-7,10-11,16-22H2,1-2H3,(H,44,51)(H,45,49)(H,46,52)(H,47,53)(H3,41,42,55)/t29-,30-,31?,32-/m0/s1. The molecule has 1 aliphatic heterocycles. The maximum atomic E-state index is 14.3. The van der Waals surface area contributed by atoms with Gasteiger partial charge in [0, 0.05) is 49.6 Å². The average Bonchev–Trinajstić information content (AvgIpc) is 3.61. The molecule has 302 valence electrons. The zero-order chi connectivity index (χ0) is 40.6. The number of aromatic nitrogens is 1. The second kappa shape index (κ2) is 21.5. The van der Waals surface area contributed by atoms with E-state index in [1.165, 1.54) is 12.0 Å². The predicted molar refractivity (Wildman–Crippen MR) is 209 cm³/mol. The van der Waals surface area contributed by atoms with Crippen molar-refractivity contribution >= 4 is 64.0 Å². The molecule has 4 rings (SSSR count). The van der Waals surface area contributed by atoms with Crippen molar-refractivity contribution in [1.82, 2.24) is 36.5 Å². The highest BCUT2D eigenvalue weighted by Crippen LogP contribution is 2.22. The number of esters is 1. The molecule has 0 aliphatic carbocycles. The number of carbonyl (C=O) groups is 7. The lowest BCUT2D eigenvalue weighted by atomic mass is 9.97. The molecule has 1 aliphatic rings. The Kier molecular flexibility index (Phi) is 16.5.